The van der Waals surface area contributed by atoms with Crippen molar-refractivity contribution in [2.45, 2.75) is 19.4 Å². The van der Waals surface area contributed by atoms with Gasteiger partial charge < -0.3 is 14.7 Å². The summed E-state index contributed by atoms with van der Waals surface area (Å²) in [7, 11) is 0. The lowest BCUT2D eigenvalue weighted by molar-refractivity contribution is 0.198. The van der Waals surface area contributed by atoms with Gasteiger partial charge in [0.05, 0.1) is 18.4 Å². The van der Waals surface area contributed by atoms with Crippen LogP contribution in [0.15, 0.2) is 36.4 Å². The van der Waals surface area contributed by atoms with Crippen molar-refractivity contribution in [3.63, 3.8) is 0 Å². The highest BCUT2D eigenvalue weighted by molar-refractivity contribution is 5.60. The van der Waals surface area contributed by atoms with Gasteiger partial charge in [0.1, 0.15) is 5.75 Å². The van der Waals surface area contributed by atoms with Gasteiger partial charge in [-0.25, -0.2) is 0 Å². The fraction of sp³-hybridized carbons (Fsp3) is 0.375. The molecule has 21 heavy (non-hydrogen) atoms. The fourth-order valence-electron chi connectivity index (χ4n) is 2.49. The zero-order valence-corrected chi connectivity index (χ0v) is 12.1. The van der Waals surface area contributed by atoms with Gasteiger partial charge in [-0.05, 0) is 49.7 Å². The van der Waals surface area contributed by atoms with Crippen LogP contribution >= 0.6 is 0 Å². The van der Waals surface area contributed by atoms with Crippen molar-refractivity contribution in [1.29, 1.82) is 0 Å². The van der Waals surface area contributed by atoms with Crippen LogP contribution in [0, 0.1) is 0 Å². The first kappa shape index (κ1) is 13.8. The van der Waals surface area contributed by atoms with Gasteiger partial charge in [0.15, 0.2) is 5.82 Å². The third kappa shape index (κ3) is 3.13. The van der Waals surface area contributed by atoms with E-state index in [0.717, 1.165) is 35.8 Å². The molecule has 0 radical (unpaired) electrons. The van der Waals surface area contributed by atoms with Crippen molar-refractivity contribution in [2.24, 2.45) is 0 Å². The minimum absolute atomic E-state index is 0.252. The summed E-state index contributed by atoms with van der Waals surface area (Å²) in [4.78, 5) is 2.06. The highest BCUT2D eigenvalue weighted by Crippen LogP contribution is 2.23. The zero-order chi connectivity index (χ0) is 14.7. The molecule has 0 spiro atoms. The van der Waals surface area contributed by atoms with E-state index in [4.69, 9.17) is 4.74 Å². The number of β-amino-alcohol motifs (C(OH)–C–C–N with tert-alkyl or cyclic N) is 1. The average Bonchev–Trinajstić information content (AvgIpc) is 2.95. The Kier molecular flexibility index (Phi) is 4.01. The van der Waals surface area contributed by atoms with E-state index in [1.54, 1.807) is 0 Å². The molecule has 2 aromatic rings. The summed E-state index contributed by atoms with van der Waals surface area (Å²) in [5.41, 5.74) is 1.85. The Morgan fingerprint density at radius 3 is 2.57 bits per heavy atom. The lowest BCUT2D eigenvalue weighted by Gasteiger charge is -2.15. The normalized spacial score (nSPS) is 18.0. The van der Waals surface area contributed by atoms with Gasteiger partial charge in [0.25, 0.3) is 0 Å². The summed E-state index contributed by atoms with van der Waals surface area (Å²) in [6.07, 6.45) is 0.542. The summed E-state index contributed by atoms with van der Waals surface area (Å²) in [5, 5.41) is 18.1. The molecule has 1 aliphatic heterocycles. The molecular weight excluding hydrogens is 266 g/mol. The van der Waals surface area contributed by atoms with Gasteiger partial charge in [-0.2, -0.15) is 0 Å². The molecular formula is C16H19N3O2. The smallest absolute Gasteiger partial charge is 0.151 e. The largest absolute Gasteiger partial charge is 0.494 e. The second-order valence-electron chi connectivity index (χ2n) is 5.12. The third-order valence-corrected chi connectivity index (χ3v) is 3.60. The number of hydrogen-bond acceptors (Lipinski definition) is 5. The lowest BCUT2D eigenvalue weighted by Crippen LogP contribution is -2.22. The molecule has 1 aromatic heterocycles. The number of hydrogen-bond donors (Lipinski definition) is 1. The molecule has 3 rings (SSSR count). The first-order valence-corrected chi connectivity index (χ1v) is 7.26. The number of benzene rings is 1. The van der Waals surface area contributed by atoms with Crippen molar-refractivity contribution >= 4 is 5.82 Å². The summed E-state index contributed by atoms with van der Waals surface area (Å²) in [6, 6.07) is 11.7. The molecule has 2 heterocycles. The van der Waals surface area contributed by atoms with Crippen molar-refractivity contribution in [3.05, 3.63) is 36.4 Å². The molecule has 5 heteroatoms. The number of anilines is 1. The molecule has 1 saturated heterocycles. The molecule has 1 fully saturated rings. The second-order valence-corrected chi connectivity index (χ2v) is 5.12. The number of nitrogens with zero attached hydrogens (tertiary/aromatic N) is 3. The molecule has 1 unspecified atom stereocenters. The van der Waals surface area contributed by atoms with E-state index >= 15 is 0 Å². The maximum atomic E-state index is 9.56. The van der Waals surface area contributed by atoms with Crippen LogP contribution in [0.2, 0.25) is 0 Å². The molecule has 1 atom stereocenters. The number of aliphatic hydroxyl groups is 1. The van der Waals surface area contributed by atoms with Crippen LogP contribution in [-0.4, -0.2) is 41.1 Å². The summed E-state index contributed by atoms with van der Waals surface area (Å²) >= 11 is 0. The van der Waals surface area contributed by atoms with E-state index < -0.39 is 0 Å². The van der Waals surface area contributed by atoms with Crippen LogP contribution in [-0.2, 0) is 0 Å². The number of aromatic nitrogens is 2. The molecule has 1 N–H and O–H groups in total. The minimum Gasteiger partial charge on any atom is -0.494 e. The Morgan fingerprint density at radius 1 is 1.19 bits per heavy atom. The molecule has 0 amide bonds. The lowest BCUT2D eigenvalue weighted by atomic mass is 10.1. The predicted octanol–water partition coefficient (Wildman–Crippen LogP) is 2.11. The molecule has 1 aliphatic rings. The Balaban J connectivity index is 1.74. The quantitative estimate of drug-likeness (QED) is 0.932. The highest BCUT2D eigenvalue weighted by atomic mass is 16.5. The molecule has 0 aliphatic carbocycles. The van der Waals surface area contributed by atoms with E-state index in [1.807, 2.05) is 43.3 Å². The van der Waals surface area contributed by atoms with E-state index in [-0.39, 0.29) is 6.10 Å². The van der Waals surface area contributed by atoms with E-state index in [1.165, 1.54) is 0 Å². The van der Waals surface area contributed by atoms with Crippen LogP contribution in [0.25, 0.3) is 11.3 Å². The van der Waals surface area contributed by atoms with Crippen molar-refractivity contribution in [2.75, 3.05) is 24.6 Å². The van der Waals surface area contributed by atoms with Gasteiger partial charge >= 0.3 is 0 Å². The van der Waals surface area contributed by atoms with Gasteiger partial charge in [-0.15, -0.1) is 10.2 Å². The minimum atomic E-state index is -0.252. The standard InChI is InChI=1S/C16H19N3O2/c1-2-21-14-5-3-12(4-6-14)15-7-8-16(18-17-15)19-10-9-13(20)11-19/h3-8,13,20H,2,9-11H2,1H3. The molecule has 5 nitrogen and oxygen atoms in total. The van der Waals surface area contributed by atoms with Gasteiger partial charge in [0.2, 0.25) is 0 Å². The number of aliphatic hydroxyl groups excluding tert-OH is 1. The third-order valence-electron chi connectivity index (χ3n) is 3.60. The van der Waals surface area contributed by atoms with Gasteiger partial charge in [0, 0.05) is 18.7 Å². The van der Waals surface area contributed by atoms with Crippen molar-refractivity contribution in [1.82, 2.24) is 10.2 Å². The van der Waals surface area contributed by atoms with E-state index in [0.29, 0.717) is 13.2 Å². The molecule has 110 valence electrons. The van der Waals surface area contributed by atoms with E-state index in [2.05, 4.69) is 15.1 Å². The first-order chi connectivity index (χ1) is 10.3. The molecule has 1 aromatic carbocycles. The monoisotopic (exact) mass is 285 g/mol. The van der Waals surface area contributed by atoms with E-state index in [9.17, 15) is 5.11 Å². The zero-order valence-electron chi connectivity index (χ0n) is 12.1. The summed E-state index contributed by atoms with van der Waals surface area (Å²) in [5.74, 6) is 1.68. The first-order valence-electron chi connectivity index (χ1n) is 7.26. The second kappa shape index (κ2) is 6.10. The predicted molar refractivity (Wildman–Crippen MR) is 81.5 cm³/mol. The van der Waals surface area contributed by atoms with Crippen LogP contribution in [0.4, 0.5) is 5.82 Å². The number of ether oxygens (including phenoxy) is 1. The van der Waals surface area contributed by atoms with Crippen LogP contribution in [0.1, 0.15) is 13.3 Å². The van der Waals surface area contributed by atoms with Crippen LogP contribution in [0.3, 0.4) is 0 Å². The summed E-state index contributed by atoms with van der Waals surface area (Å²) in [6.45, 7) is 4.10. The fourth-order valence-corrected chi connectivity index (χ4v) is 2.49. The van der Waals surface area contributed by atoms with Gasteiger partial charge in [-0.3, -0.25) is 0 Å². The Labute approximate surface area is 124 Å². The highest BCUT2D eigenvalue weighted by Gasteiger charge is 2.21. The Morgan fingerprint density at radius 2 is 2.00 bits per heavy atom. The van der Waals surface area contributed by atoms with Crippen molar-refractivity contribution in [3.8, 4) is 17.0 Å². The van der Waals surface area contributed by atoms with Gasteiger partial charge in [-0.1, -0.05) is 0 Å². The SMILES string of the molecule is CCOc1ccc(-c2ccc(N3CCC(O)C3)nn2)cc1. The molecule has 0 bridgehead atoms. The van der Waals surface area contributed by atoms with Crippen LogP contribution < -0.4 is 9.64 Å². The number of rotatable bonds is 4. The maximum absolute atomic E-state index is 9.56. The Bertz CT molecular complexity index is 583. The Hall–Kier alpha value is -2.14. The van der Waals surface area contributed by atoms with Crippen LogP contribution in [0.5, 0.6) is 5.75 Å². The molecule has 0 saturated carbocycles. The average molecular weight is 285 g/mol. The topological polar surface area (TPSA) is 58.5 Å². The summed E-state index contributed by atoms with van der Waals surface area (Å²) < 4.78 is 5.43. The maximum Gasteiger partial charge on any atom is 0.151 e. The van der Waals surface area contributed by atoms with Crippen molar-refractivity contribution < 1.29 is 9.84 Å².